The molecule has 182 valence electrons. The summed E-state index contributed by atoms with van der Waals surface area (Å²) in [5.74, 6) is 1.51. The number of carbonyl (C=O) groups excluding carboxylic acids is 1. The highest BCUT2D eigenvalue weighted by molar-refractivity contribution is 6.04. The van der Waals surface area contributed by atoms with Crippen molar-refractivity contribution in [3.8, 4) is 28.7 Å². The Kier molecular flexibility index (Phi) is 8.24. The minimum Gasteiger partial charge on any atom is -0.503 e. The van der Waals surface area contributed by atoms with Crippen molar-refractivity contribution in [2.24, 2.45) is 0 Å². The highest BCUT2D eigenvalue weighted by Gasteiger charge is 2.14. The SMILES string of the molecule is COc1ccc(/C=C\c2cc(OC)c(OC)c(OC)c2)c(N/C=C\C(=O)c2ccc(N)cc2)c1O. The normalized spacial score (nSPS) is 11.0. The van der Waals surface area contributed by atoms with Crippen molar-refractivity contribution in [1.82, 2.24) is 0 Å². The van der Waals surface area contributed by atoms with E-state index in [0.717, 1.165) is 5.56 Å². The number of hydrogen-bond donors (Lipinski definition) is 3. The Balaban J connectivity index is 1.91. The molecular formula is C27H28N2O6. The van der Waals surface area contributed by atoms with Gasteiger partial charge in [0.1, 0.15) is 0 Å². The molecule has 0 unspecified atom stereocenters. The van der Waals surface area contributed by atoms with E-state index < -0.39 is 0 Å². The van der Waals surface area contributed by atoms with Crippen LogP contribution in [0.15, 0.2) is 60.8 Å². The standard InChI is InChI=1S/C27H28N2O6/c1-32-22-12-9-19(6-5-17-15-23(33-2)27(35-4)24(16-17)34-3)25(26(22)31)29-14-13-21(30)18-7-10-20(28)11-8-18/h5-16,29,31H,28H2,1-4H3/b6-5-,14-13-. The van der Waals surface area contributed by atoms with Gasteiger partial charge >= 0.3 is 0 Å². The van der Waals surface area contributed by atoms with Gasteiger partial charge in [-0.25, -0.2) is 0 Å². The Labute approximate surface area is 204 Å². The van der Waals surface area contributed by atoms with Gasteiger partial charge in [-0.2, -0.15) is 0 Å². The van der Waals surface area contributed by atoms with Crippen molar-refractivity contribution in [3.05, 3.63) is 77.5 Å². The molecule has 4 N–H and O–H groups in total. The zero-order chi connectivity index (χ0) is 25.4. The molecule has 0 aliphatic rings. The van der Waals surface area contributed by atoms with E-state index in [0.29, 0.717) is 39.8 Å². The molecule has 0 spiro atoms. The fourth-order valence-corrected chi connectivity index (χ4v) is 3.37. The van der Waals surface area contributed by atoms with Gasteiger partial charge in [0.15, 0.2) is 28.8 Å². The van der Waals surface area contributed by atoms with Gasteiger partial charge in [0.25, 0.3) is 0 Å². The Morgan fingerprint density at radius 3 is 2.06 bits per heavy atom. The summed E-state index contributed by atoms with van der Waals surface area (Å²) in [6.45, 7) is 0. The summed E-state index contributed by atoms with van der Waals surface area (Å²) < 4.78 is 21.4. The summed E-state index contributed by atoms with van der Waals surface area (Å²) >= 11 is 0. The number of rotatable bonds is 10. The van der Waals surface area contributed by atoms with Gasteiger partial charge in [0.05, 0.1) is 34.1 Å². The van der Waals surface area contributed by atoms with E-state index in [2.05, 4.69) is 5.32 Å². The van der Waals surface area contributed by atoms with Gasteiger partial charge in [-0.15, -0.1) is 0 Å². The molecule has 3 aromatic carbocycles. The van der Waals surface area contributed by atoms with Gasteiger partial charge in [0.2, 0.25) is 5.75 Å². The van der Waals surface area contributed by atoms with Crippen LogP contribution >= 0.6 is 0 Å². The molecule has 0 saturated heterocycles. The summed E-state index contributed by atoms with van der Waals surface area (Å²) in [5.41, 5.74) is 8.56. The molecule has 0 bridgehead atoms. The lowest BCUT2D eigenvalue weighted by Crippen LogP contribution is -1.98. The molecule has 0 radical (unpaired) electrons. The second kappa shape index (κ2) is 11.5. The van der Waals surface area contributed by atoms with E-state index in [9.17, 15) is 9.90 Å². The Bertz CT molecular complexity index is 1220. The number of ether oxygens (including phenoxy) is 4. The maximum absolute atomic E-state index is 12.4. The first kappa shape index (κ1) is 25.0. The van der Waals surface area contributed by atoms with Crippen molar-refractivity contribution >= 4 is 29.3 Å². The fraction of sp³-hybridized carbons (Fsp3) is 0.148. The molecule has 0 atom stereocenters. The third kappa shape index (κ3) is 5.86. The zero-order valence-electron chi connectivity index (χ0n) is 20.0. The predicted molar refractivity (Wildman–Crippen MR) is 138 cm³/mol. The van der Waals surface area contributed by atoms with E-state index in [-0.39, 0.29) is 17.3 Å². The molecule has 0 saturated carbocycles. The molecule has 3 rings (SSSR count). The minimum absolute atomic E-state index is 0.0934. The summed E-state index contributed by atoms with van der Waals surface area (Å²) in [6.07, 6.45) is 6.47. The van der Waals surface area contributed by atoms with Gasteiger partial charge in [-0.1, -0.05) is 12.2 Å². The van der Waals surface area contributed by atoms with Crippen molar-refractivity contribution in [2.45, 2.75) is 0 Å². The highest BCUT2D eigenvalue weighted by atomic mass is 16.5. The number of ketones is 1. The van der Waals surface area contributed by atoms with E-state index in [1.54, 1.807) is 75.9 Å². The molecule has 0 aromatic heterocycles. The number of carbonyl (C=O) groups is 1. The number of nitrogen functional groups attached to an aromatic ring is 1. The largest absolute Gasteiger partial charge is 0.503 e. The van der Waals surface area contributed by atoms with Crippen LogP contribution in [0.3, 0.4) is 0 Å². The van der Waals surface area contributed by atoms with Gasteiger partial charge in [0, 0.05) is 29.1 Å². The lowest BCUT2D eigenvalue weighted by molar-refractivity contribution is 0.104. The quantitative estimate of drug-likeness (QED) is 0.123. The Morgan fingerprint density at radius 1 is 0.857 bits per heavy atom. The monoisotopic (exact) mass is 476 g/mol. The molecular weight excluding hydrogens is 448 g/mol. The van der Waals surface area contributed by atoms with Crippen molar-refractivity contribution in [1.29, 1.82) is 0 Å². The molecule has 0 amide bonds. The van der Waals surface area contributed by atoms with Crippen LogP contribution in [0.25, 0.3) is 12.2 Å². The van der Waals surface area contributed by atoms with Crippen LogP contribution in [-0.4, -0.2) is 39.3 Å². The molecule has 35 heavy (non-hydrogen) atoms. The van der Waals surface area contributed by atoms with Crippen molar-refractivity contribution in [2.75, 3.05) is 39.5 Å². The topological polar surface area (TPSA) is 112 Å². The number of nitrogens with one attached hydrogen (secondary N) is 1. The number of methoxy groups -OCH3 is 4. The number of hydrogen-bond acceptors (Lipinski definition) is 8. The number of anilines is 2. The third-order valence-corrected chi connectivity index (χ3v) is 5.19. The smallest absolute Gasteiger partial charge is 0.203 e. The maximum Gasteiger partial charge on any atom is 0.203 e. The zero-order valence-corrected chi connectivity index (χ0v) is 20.0. The third-order valence-electron chi connectivity index (χ3n) is 5.19. The number of allylic oxidation sites excluding steroid dienone is 1. The average Bonchev–Trinajstić information content (AvgIpc) is 2.88. The van der Waals surface area contributed by atoms with E-state index in [4.69, 9.17) is 24.7 Å². The Morgan fingerprint density at radius 2 is 1.49 bits per heavy atom. The number of nitrogens with two attached hydrogens (primary N) is 1. The second-order valence-electron chi connectivity index (χ2n) is 7.34. The number of aromatic hydroxyl groups is 1. The first-order valence-corrected chi connectivity index (χ1v) is 10.6. The highest BCUT2D eigenvalue weighted by Crippen LogP contribution is 2.40. The molecule has 0 aliphatic heterocycles. The minimum atomic E-state index is -0.214. The Hall–Kier alpha value is -4.59. The molecule has 8 nitrogen and oxygen atoms in total. The summed E-state index contributed by atoms with van der Waals surface area (Å²) in [6, 6.07) is 13.7. The summed E-state index contributed by atoms with van der Waals surface area (Å²) in [7, 11) is 6.10. The fourth-order valence-electron chi connectivity index (χ4n) is 3.37. The van der Waals surface area contributed by atoms with E-state index >= 15 is 0 Å². The molecule has 0 aliphatic carbocycles. The molecule has 0 heterocycles. The number of phenols is 1. The number of benzene rings is 3. The lowest BCUT2D eigenvalue weighted by Gasteiger charge is -2.13. The van der Waals surface area contributed by atoms with Crippen molar-refractivity contribution < 1.29 is 28.8 Å². The number of phenolic OH excluding ortho intramolecular Hbond substituents is 1. The predicted octanol–water partition coefficient (Wildman–Crippen LogP) is 4.99. The first-order chi connectivity index (χ1) is 16.9. The van der Waals surface area contributed by atoms with Gasteiger partial charge in [-0.05, 0) is 54.1 Å². The van der Waals surface area contributed by atoms with Gasteiger partial charge < -0.3 is 35.1 Å². The maximum atomic E-state index is 12.4. The van der Waals surface area contributed by atoms with E-state index in [1.165, 1.54) is 19.4 Å². The first-order valence-electron chi connectivity index (χ1n) is 10.6. The van der Waals surface area contributed by atoms with Crippen LogP contribution in [0.4, 0.5) is 11.4 Å². The average molecular weight is 477 g/mol. The van der Waals surface area contributed by atoms with E-state index in [1.807, 2.05) is 6.08 Å². The van der Waals surface area contributed by atoms with Crippen LogP contribution in [0.5, 0.6) is 28.7 Å². The lowest BCUT2D eigenvalue weighted by atomic mass is 10.1. The second-order valence-corrected chi connectivity index (χ2v) is 7.34. The van der Waals surface area contributed by atoms with Gasteiger partial charge in [-0.3, -0.25) is 4.79 Å². The van der Waals surface area contributed by atoms with Crippen molar-refractivity contribution in [3.63, 3.8) is 0 Å². The van der Waals surface area contributed by atoms with Crippen LogP contribution in [-0.2, 0) is 0 Å². The van der Waals surface area contributed by atoms with Crippen LogP contribution in [0.1, 0.15) is 21.5 Å². The molecule has 3 aromatic rings. The van der Waals surface area contributed by atoms with Crippen LogP contribution in [0.2, 0.25) is 0 Å². The summed E-state index contributed by atoms with van der Waals surface area (Å²) in [4.78, 5) is 12.4. The van der Waals surface area contributed by atoms with Crippen LogP contribution < -0.4 is 30.0 Å². The van der Waals surface area contributed by atoms with Crippen LogP contribution in [0, 0.1) is 0 Å². The molecule has 0 fully saturated rings. The molecule has 8 heteroatoms. The summed E-state index contributed by atoms with van der Waals surface area (Å²) in [5, 5.41) is 13.7.